The van der Waals surface area contributed by atoms with Crippen molar-refractivity contribution in [2.24, 2.45) is 0 Å². The van der Waals surface area contributed by atoms with Gasteiger partial charge < -0.3 is 19.5 Å². The van der Waals surface area contributed by atoms with Crippen molar-refractivity contribution >= 4 is 23.0 Å². The minimum atomic E-state index is -4.48. The van der Waals surface area contributed by atoms with E-state index in [0.717, 1.165) is 23.0 Å². The van der Waals surface area contributed by atoms with Gasteiger partial charge in [0.15, 0.2) is 5.11 Å². The minimum Gasteiger partial charge on any atom is -0.497 e. The quantitative estimate of drug-likeness (QED) is 0.296. The van der Waals surface area contributed by atoms with E-state index in [1.165, 1.54) is 12.1 Å². The number of hydrogen-bond donors (Lipinski definition) is 1. The number of nitrogens with zero attached hydrogens (tertiary/aromatic N) is 3. The molecule has 2 atom stereocenters. The maximum absolute atomic E-state index is 13.9. The average molecular weight is 523 g/mol. The van der Waals surface area contributed by atoms with Gasteiger partial charge in [-0.15, -0.1) is 0 Å². The fraction of sp³-hybridized carbons (Fsp3) is 0.214. The molecule has 1 saturated heterocycles. The third-order valence-corrected chi connectivity index (χ3v) is 7.00. The molecule has 1 N–H and O–H groups in total. The van der Waals surface area contributed by atoms with E-state index < -0.39 is 11.7 Å². The zero-order chi connectivity index (χ0) is 26.3. The number of para-hydroxylation sites is 1. The van der Waals surface area contributed by atoms with Gasteiger partial charge in [0.2, 0.25) is 0 Å². The summed E-state index contributed by atoms with van der Waals surface area (Å²) >= 11 is 5.78. The van der Waals surface area contributed by atoms with Crippen LogP contribution in [0.3, 0.4) is 0 Å². The van der Waals surface area contributed by atoms with E-state index in [1.54, 1.807) is 23.9 Å². The van der Waals surface area contributed by atoms with Crippen LogP contribution in [0.2, 0.25) is 0 Å². The zero-order valence-corrected chi connectivity index (χ0v) is 21.3. The number of alkyl halides is 3. The predicted octanol–water partition coefficient (Wildman–Crippen LogP) is 6.69. The summed E-state index contributed by atoms with van der Waals surface area (Å²) in [5.41, 5.74) is 3.27. The van der Waals surface area contributed by atoms with E-state index in [4.69, 9.17) is 17.0 Å². The van der Waals surface area contributed by atoms with Gasteiger partial charge in [0.05, 0.1) is 36.1 Å². The van der Waals surface area contributed by atoms with Gasteiger partial charge in [-0.2, -0.15) is 13.2 Å². The number of hydrogen-bond acceptors (Lipinski definition) is 3. The zero-order valence-electron chi connectivity index (χ0n) is 20.5. The number of aromatic nitrogens is 2. The molecule has 0 aliphatic carbocycles. The van der Waals surface area contributed by atoms with Crippen LogP contribution in [0.4, 0.5) is 18.9 Å². The number of ether oxygens (including phenoxy) is 1. The molecule has 4 aromatic rings. The summed E-state index contributed by atoms with van der Waals surface area (Å²) in [5.74, 6) is 0.710. The van der Waals surface area contributed by atoms with Crippen LogP contribution in [0.5, 0.6) is 5.75 Å². The maximum Gasteiger partial charge on any atom is 0.418 e. The predicted molar refractivity (Wildman–Crippen MR) is 141 cm³/mol. The molecule has 3 heterocycles. The van der Waals surface area contributed by atoms with E-state index in [-0.39, 0.29) is 17.8 Å². The Morgan fingerprint density at radius 3 is 2.32 bits per heavy atom. The Bertz CT molecular complexity index is 1430. The van der Waals surface area contributed by atoms with Crippen LogP contribution in [-0.4, -0.2) is 21.8 Å². The number of halogens is 3. The summed E-state index contributed by atoms with van der Waals surface area (Å²) in [4.78, 5) is 6.56. The van der Waals surface area contributed by atoms with Crippen molar-refractivity contribution in [2.45, 2.75) is 32.1 Å². The van der Waals surface area contributed by atoms with Gasteiger partial charge in [-0.3, -0.25) is 4.98 Å². The number of nitrogens with one attached hydrogen (secondary N) is 1. The standard InChI is InChI=1S/C28H25F3N4OS/c1-17-16-21(18(2)34(17)24-10-5-4-8-22(24)28(29,30)31)26-25(23-9-6-7-15-32-23)33-27(37)35(26)19-11-13-20(36-3)14-12-19/h4-16,25-26H,1-3H3,(H,33,37)/t25-,26+/m0/s1. The Labute approximate surface area is 218 Å². The normalized spacial score (nSPS) is 17.7. The summed E-state index contributed by atoms with van der Waals surface area (Å²) in [7, 11) is 1.60. The fourth-order valence-corrected chi connectivity index (χ4v) is 5.40. The Balaban J connectivity index is 1.69. The molecule has 190 valence electrons. The lowest BCUT2D eigenvalue weighted by Crippen LogP contribution is -2.29. The monoisotopic (exact) mass is 522 g/mol. The lowest BCUT2D eigenvalue weighted by Gasteiger charge is -2.28. The SMILES string of the molecule is COc1ccc(N2C(=S)N[C@@H](c3ccccn3)[C@H]2c2cc(C)n(-c3ccccc3C(F)(F)F)c2C)cc1. The molecule has 5 rings (SSSR count). The molecule has 5 nitrogen and oxygen atoms in total. The molecular weight excluding hydrogens is 497 g/mol. The first-order chi connectivity index (χ1) is 17.7. The van der Waals surface area contributed by atoms with Crippen LogP contribution in [0.15, 0.2) is 79.0 Å². The molecule has 0 bridgehead atoms. The first kappa shape index (κ1) is 24.8. The lowest BCUT2D eigenvalue weighted by atomic mass is 9.96. The fourth-order valence-electron chi connectivity index (χ4n) is 5.06. The van der Waals surface area contributed by atoms with Crippen molar-refractivity contribution in [1.29, 1.82) is 0 Å². The summed E-state index contributed by atoms with van der Waals surface area (Å²) in [6, 6.07) is 20.1. The van der Waals surface area contributed by atoms with Crippen LogP contribution in [-0.2, 0) is 6.18 Å². The molecule has 1 aliphatic rings. The molecule has 1 fully saturated rings. The molecule has 0 spiro atoms. The topological polar surface area (TPSA) is 42.3 Å². The molecule has 0 radical (unpaired) electrons. The molecular formula is C28H25F3N4OS. The highest BCUT2D eigenvalue weighted by Crippen LogP contribution is 2.44. The number of pyridine rings is 1. The first-order valence-electron chi connectivity index (χ1n) is 11.7. The minimum absolute atomic E-state index is 0.0927. The van der Waals surface area contributed by atoms with Crippen molar-refractivity contribution < 1.29 is 17.9 Å². The largest absolute Gasteiger partial charge is 0.497 e. The highest BCUT2D eigenvalue weighted by atomic mass is 32.1. The second kappa shape index (κ2) is 9.55. The van der Waals surface area contributed by atoms with Crippen LogP contribution >= 0.6 is 12.2 Å². The number of benzene rings is 2. The second-order valence-electron chi connectivity index (χ2n) is 8.87. The van der Waals surface area contributed by atoms with Gasteiger partial charge in [-0.1, -0.05) is 18.2 Å². The van der Waals surface area contributed by atoms with Gasteiger partial charge in [0.1, 0.15) is 5.75 Å². The van der Waals surface area contributed by atoms with E-state index in [1.807, 2.05) is 67.3 Å². The Morgan fingerprint density at radius 1 is 0.973 bits per heavy atom. The van der Waals surface area contributed by atoms with Crippen molar-refractivity contribution in [3.63, 3.8) is 0 Å². The van der Waals surface area contributed by atoms with Gasteiger partial charge in [0, 0.05) is 23.3 Å². The number of thiocarbonyl (C=S) groups is 1. The van der Waals surface area contributed by atoms with Crippen molar-refractivity contribution in [1.82, 2.24) is 14.9 Å². The van der Waals surface area contributed by atoms with Gasteiger partial charge in [-0.25, -0.2) is 0 Å². The molecule has 9 heteroatoms. The van der Waals surface area contributed by atoms with Crippen LogP contribution in [0, 0.1) is 13.8 Å². The van der Waals surface area contributed by atoms with E-state index >= 15 is 0 Å². The van der Waals surface area contributed by atoms with Gasteiger partial charge in [0.25, 0.3) is 0 Å². The summed E-state index contributed by atoms with van der Waals surface area (Å²) in [6.07, 6.45) is -2.77. The van der Waals surface area contributed by atoms with Gasteiger partial charge >= 0.3 is 6.18 Å². The van der Waals surface area contributed by atoms with Crippen LogP contribution in [0.1, 0.15) is 40.3 Å². The number of anilines is 1. The lowest BCUT2D eigenvalue weighted by molar-refractivity contribution is -0.137. The highest BCUT2D eigenvalue weighted by Gasteiger charge is 2.43. The Kier molecular flexibility index (Phi) is 6.41. The highest BCUT2D eigenvalue weighted by molar-refractivity contribution is 7.80. The number of rotatable bonds is 5. The van der Waals surface area contributed by atoms with Gasteiger partial charge in [-0.05, 0) is 86.2 Å². The molecule has 1 aliphatic heterocycles. The third-order valence-electron chi connectivity index (χ3n) is 6.69. The van der Waals surface area contributed by atoms with Crippen LogP contribution in [0.25, 0.3) is 5.69 Å². The van der Waals surface area contributed by atoms with E-state index in [0.29, 0.717) is 22.2 Å². The van der Waals surface area contributed by atoms with E-state index in [2.05, 4.69) is 10.3 Å². The average Bonchev–Trinajstić information content (AvgIpc) is 3.39. The second-order valence-corrected chi connectivity index (χ2v) is 9.26. The molecule has 2 aromatic carbocycles. The summed E-state index contributed by atoms with van der Waals surface area (Å²) < 4.78 is 48.7. The van der Waals surface area contributed by atoms with Crippen molar-refractivity contribution in [2.75, 3.05) is 12.0 Å². The third kappa shape index (κ3) is 4.44. The number of aryl methyl sites for hydroxylation is 1. The van der Waals surface area contributed by atoms with Crippen molar-refractivity contribution in [3.05, 3.63) is 107 Å². The number of methoxy groups -OCH3 is 1. The molecule has 0 amide bonds. The maximum atomic E-state index is 13.9. The summed E-state index contributed by atoms with van der Waals surface area (Å²) in [5, 5.41) is 3.91. The molecule has 2 aromatic heterocycles. The van der Waals surface area contributed by atoms with Crippen molar-refractivity contribution in [3.8, 4) is 11.4 Å². The van der Waals surface area contributed by atoms with E-state index in [9.17, 15) is 13.2 Å². The molecule has 0 unspecified atom stereocenters. The molecule has 0 saturated carbocycles. The Morgan fingerprint density at radius 2 is 1.68 bits per heavy atom. The van der Waals surface area contributed by atoms with Crippen LogP contribution < -0.4 is 15.0 Å². The molecule has 37 heavy (non-hydrogen) atoms. The summed E-state index contributed by atoms with van der Waals surface area (Å²) in [6.45, 7) is 3.66. The Hall–Kier alpha value is -3.85. The first-order valence-corrected chi connectivity index (χ1v) is 12.1. The smallest absolute Gasteiger partial charge is 0.418 e.